The van der Waals surface area contributed by atoms with Crippen LogP contribution in [0, 0.1) is 11.3 Å². The van der Waals surface area contributed by atoms with Crippen LogP contribution >= 0.6 is 0 Å². The van der Waals surface area contributed by atoms with E-state index in [0.29, 0.717) is 5.76 Å². The minimum Gasteiger partial charge on any atom is -0.475 e. The molecule has 0 bridgehead atoms. The van der Waals surface area contributed by atoms with Crippen LogP contribution in [0.25, 0.3) is 0 Å². The van der Waals surface area contributed by atoms with Crippen LogP contribution < -0.4 is 0 Å². The van der Waals surface area contributed by atoms with Crippen molar-refractivity contribution in [3.8, 4) is 0 Å². The summed E-state index contributed by atoms with van der Waals surface area (Å²) in [4.78, 5) is 10.8. The van der Waals surface area contributed by atoms with Gasteiger partial charge in [0, 0.05) is 0 Å². The van der Waals surface area contributed by atoms with Gasteiger partial charge in [-0.1, -0.05) is 26.7 Å². The SMILES string of the molecule is CC1(C)CCCCC1C(O)c1ccc(C(=O)O)o1. The zero-order valence-electron chi connectivity index (χ0n) is 10.8. The Balaban J connectivity index is 2.18. The maximum atomic E-state index is 10.8. The molecule has 4 heteroatoms. The van der Waals surface area contributed by atoms with Gasteiger partial charge in [-0.2, -0.15) is 0 Å². The van der Waals surface area contributed by atoms with Crippen LogP contribution in [0.4, 0.5) is 0 Å². The average molecular weight is 252 g/mol. The molecule has 2 unspecified atom stereocenters. The van der Waals surface area contributed by atoms with Gasteiger partial charge in [-0.3, -0.25) is 0 Å². The first-order valence-corrected chi connectivity index (χ1v) is 6.43. The summed E-state index contributed by atoms with van der Waals surface area (Å²) in [5.41, 5.74) is 0.0633. The van der Waals surface area contributed by atoms with Gasteiger partial charge in [0.25, 0.3) is 0 Å². The standard InChI is InChI=1S/C14H20O4/c1-14(2)8-4-3-5-9(14)12(15)10-6-7-11(18-10)13(16)17/h6-7,9,12,15H,3-5,8H2,1-2H3,(H,16,17). The van der Waals surface area contributed by atoms with Gasteiger partial charge in [0.1, 0.15) is 11.9 Å². The monoisotopic (exact) mass is 252 g/mol. The van der Waals surface area contributed by atoms with Crippen LogP contribution in [0.3, 0.4) is 0 Å². The highest BCUT2D eigenvalue weighted by molar-refractivity contribution is 5.84. The molecule has 18 heavy (non-hydrogen) atoms. The maximum absolute atomic E-state index is 10.8. The van der Waals surface area contributed by atoms with Gasteiger partial charge in [0.15, 0.2) is 0 Å². The van der Waals surface area contributed by atoms with E-state index in [1.807, 2.05) is 0 Å². The van der Waals surface area contributed by atoms with Crippen molar-refractivity contribution >= 4 is 5.97 Å². The number of aliphatic hydroxyl groups is 1. The lowest BCUT2D eigenvalue weighted by molar-refractivity contribution is -0.00862. The molecule has 100 valence electrons. The molecule has 0 aromatic carbocycles. The van der Waals surface area contributed by atoms with Gasteiger partial charge in [-0.05, 0) is 36.3 Å². The summed E-state index contributed by atoms with van der Waals surface area (Å²) in [6.45, 7) is 4.31. The predicted octanol–water partition coefficient (Wildman–Crippen LogP) is 3.23. The number of aromatic carboxylic acids is 1. The van der Waals surface area contributed by atoms with Crippen LogP contribution in [0.1, 0.15) is 61.9 Å². The Kier molecular flexibility index (Phi) is 3.48. The summed E-state index contributed by atoms with van der Waals surface area (Å²) in [5, 5.41) is 19.2. The predicted molar refractivity (Wildman–Crippen MR) is 66.4 cm³/mol. The second kappa shape index (κ2) is 4.76. The lowest BCUT2D eigenvalue weighted by Crippen LogP contribution is -2.32. The summed E-state index contributed by atoms with van der Waals surface area (Å²) in [6, 6.07) is 2.97. The number of furan rings is 1. The lowest BCUT2D eigenvalue weighted by atomic mass is 9.66. The molecule has 1 saturated carbocycles. The Morgan fingerprint density at radius 2 is 2.17 bits per heavy atom. The molecule has 1 heterocycles. The van der Waals surface area contributed by atoms with E-state index in [-0.39, 0.29) is 17.1 Å². The Hall–Kier alpha value is -1.29. The molecule has 1 aromatic rings. The summed E-state index contributed by atoms with van der Waals surface area (Å²) in [5.74, 6) is -0.722. The molecule has 0 aliphatic heterocycles. The Morgan fingerprint density at radius 1 is 1.44 bits per heavy atom. The van der Waals surface area contributed by atoms with E-state index >= 15 is 0 Å². The topological polar surface area (TPSA) is 70.7 Å². The van der Waals surface area contributed by atoms with Crippen molar-refractivity contribution in [3.05, 3.63) is 23.7 Å². The highest BCUT2D eigenvalue weighted by Gasteiger charge is 2.38. The zero-order valence-corrected chi connectivity index (χ0v) is 10.8. The number of hydrogen-bond acceptors (Lipinski definition) is 3. The molecule has 0 spiro atoms. The fourth-order valence-electron chi connectivity index (χ4n) is 2.93. The molecule has 2 rings (SSSR count). The third-order valence-electron chi connectivity index (χ3n) is 4.10. The van der Waals surface area contributed by atoms with E-state index in [1.54, 1.807) is 6.07 Å². The number of hydrogen-bond donors (Lipinski definition) is 2. The third-order valence-corrected chi connectivity index (χ3v) is 4.10. The van der Waals surface area contributed by atoms with E-state index in [2.05, 4.69) is 13.8 Å². The lowest BCUT2D eigenvalue weighted by Gasteiger charge is -2.40. The van der Waals surface area contributed by atoms with E-state index in [9.17, 15) is 9.90 Å². The average Bonchev–Trinajstić information content (AvgIpc) is 2.77. The molecular weight excluding hydrogens is 232 g/mol. The van der Waals surface area contributed by atoms with E-state index in [4.69, 9.17) is 9.52 Å². The number of carboxylic acid groups (broad SMARTS) is 1. The van der Waals surface area contributed by atoms with Gasteiger partial charge in [-0.15, -0.1) is 0 Å². The van der Waals surface area contributed by atoms with Gasteiger partial charge < -0.3 is 14.6 Å². The first-order valence-electron chi connectivity index (χ1n) is 6.43. The summed E-state index contributed by atoms with van der Waals surface area (Å²) in [6.07, 6.45) is 3.62. The molecule has 1 fully saturated rings. The van der Waals surface area contributed by atoms with Crippen LogP contribution in [-0.4, -0.2) is 16.2 Å². The van der Waals surface area contributed by atoms with Crippen LogP contribution in [0.5, 0.6) is 0 Å². The third kappa shape index (κ3) is 2.43. The number of carbonyl (C=O) groups is 1. The molecule has 1 aliphatic rings. The van der Waals surface area contributed by atoms with Gasteiger partial charge in [0.05, 0.1) is 0 Å². The molecule has 0 radical (unpaired) electrons. The number of carboxylic acids is 1. The summed E-state index contributed by atoms with van der Waals surface area (Å²) >= 11 is 0. The second-order valence-corrected chi connectivity index (χ2v) is 5.79. The number of rotatable bonds is 3. The highest BCUT2D eigenvalue weighted by atomic mass is 16.4. The highest BCUT2D eigenvalue weighted by Crippen LogP contribution is 2.46. The maximum Gasteiger partial charge on any atom is 0.371 e. The van der Waals surface area contributed by atoms with Crippen molar-refractivity contribution in [2.45, 2.75) is 45.6 Å². The van der Waals surface area contributed by atoms with Gasteiger partial charge in [0.2, 0.25) is 5.76 Å². The summed E-state index contributed by atoms with van der Waals surface area (Å²) in [7, 11) is 0. The fraction of sp³-hybridized carbons (Fsp3) is 0.643. The van der Waals surface area contributed by atoms with E-state index in [0.717, 1.165) is 19.3 Å². The molecule has 1 aromatic heterocycles. The quantitative estimate of drug-likeness (QED) is 0.866. The Labute approximate surface area is 107 Å². The van der Waals surface area contributed by atoms with Gasteiger partial charge in [-0.25, -0.2) is 4.79 Å². The molecule has 0 saturated heterocycles. The van der Waals surface area contributed by atoms with E-state index < -0.39 is 12.1 Å². The molecule has 2 atom stereocenters. The van der Waals surface area contributed by atoms with Crippen molar-refractivity contribution in [2.24, 2.45) is 11.3 Å². The van der Waals surface area contributed by atoms with E-state index in [1.165, 1.54) is 12.5 Å². The normalized spacial score (nSPS) is 24.7. The zero-order chi connectivity index (χ0) is 13.3. The Bertz CT molecular complexity index is 433. The smallest absolute Gasteiger partial charge is 0.371 e. The molecule has 4 nitrogen and oxygen atoms in total. The van der Waals surface area contributed by atoms with Crippen molar-refractivity contribution in [1.82, 2.24) is 0 Å². The first-order chi connectivity index (χ1) is 8.42. The summed E-state index contributed by atoms with van der Waals surface area (Å²) < 4.78 is 5.20. The van der Waals surface area contributed by atoms with Crippen molar-refractivity contribution in [2.75, 3.05) is 0 Å². The van der Waals surface area contributed by atoms with Crippen LogP contribution in [-0.2, 0) is 0 Å². The van der Waals surface area contributed by atoms with Gasteiger partial charge >= 0.3 is 5.97 Å². The van der Waals surface area contributed by atoms with Crippen LogP contribution in [0.15, 0.2) is 16.5 Å². The largest absolute Gasteiger partial charge is 0.475 e. The fourth-order valence-corrected chi connectivity index (χ4v) is 2.93. The van der Waals surface area contributed by atoms with Crippen molar-refractivity contribution in [1.29, 1.82) is 0 Å². The number of aliphatic hydroxyl groups excluding tert-OH is 1. The first kappa shape index (κ1) is 13.1. The van der Waals surface area contributed by atoms with Crippen molar-refractivity contribution in [3.63, 3.8) is 0 Å². The molecular formula is C14H20O4. The second-order valence-electron chi connectivity index (χ2n) is 5.79. The Morgan fingerprint density at radius 3 is 2.72 bits per heavy atom. The minimum atomic E-state index is -1.10. The van der Waals surface area contributed by atoms with Crippen LogP contribution in [0.2, 0.25) is 0 Å². The van der Waals surface area contributed by atoms with Crippen molar-refractivity contribution < 1.29 is 19.4 Å². The molecule has 2 N–H and O–H groups in total. The molecule has 1 aliphatic carbocycles. The minimum absolute atomic E-state index is 0.0633. The molecule has 0 amide bonds.